The lowest BCUT2D eigenvalue weighted by Crippen LogP contribution is -2.48. The average molecular weight is 520 g/mol. The molecule has 3 aromatic rings. The van der Waals surface area contributed by atoms with Gasteiger partial charge in [0.2, 0.25) is 5.91 Å². The van der Waals surface area contributed by atoms with Crippen molar-refractivity contribution in [2.75, 3.05) is 36.4 Å². The van der Waals surface area contributed by atoms with E-state index in [9.17, 15) is 18.8 Å². The Balaban J connectivity index is 1.14. The van der Waals surface area contributed by atoms with Gasteiger partial charge in [-0.3, -0.25) is 14.6 Å². The van der Waals surface area contributed by atoms with E-state index in [1.165, 1.54) is 23.2 Å². The van der Waals surface area contributed by atoms with Crippen LogP contribution in [0, 0.1) is 11.7 Å². The number of amides is 3. The Hall–Kier alpha value is -4.47. The molecular formula is C28H28FN5O4. The summed E-state index contributed by atoms with van der Waals surface area (Å²) in [6.07, 6.45) is 0.468. The molecule has 1 saturated heterocycles. The van der Waals surface area contributed by atoms with Crippen LogP contribution in [0.25, 0.3) is 0 Å². The molecule has 2 aliphatic rings. The lowest BCUT2D eigenvalue weighted by atomic mass is 10.1. The fraction of sp³-hybridized carbons (Fsp3) is 0.286. The zero-order chi connectivity index (χ0) is 28.4. The first-order chi connectivity index (χ1) is 19.1. The average Bonchev–Trinajstić information content (AvgIpc) is 3.54. The first-order valence-electron chi connectivity index (χ1n) is 13.3. The summed E-state index contributed by atoms with van der Waals surface area (Å²) in [4.78, 5) is 43.8. The van der Waals surface area contributed by atoms with E-state index >= 15 is 0 Å². The Bertz CT molecular complexity index is 1420. The zero-order valence-electron chi connectivity index (χ0n) is 22.4. The molecule has 2 aromatic carbocycles. The molecule has 5 rings (SSSR count). The summed E-state index contributed by atoms with van der Waals surface area (Å²) in [6.45, 7) is 1.88. The highest BCUT2D eigenvalue weighted by Gasteiger charge is 2.44. The largest absolute Gasteiger partial charge is 0.465 e. The highest BCUT2D eigenvalue weighted by molar-refractivity contribution is 5.95. The van der Waals surface area contributed by atoms with E-state index in [2.05, 4.69) is 15.6 Å². The van der Waals surface area contributed by atoms with Crippen LogP contribution in [-0.4, -0.2) is 59.1 Å². The lowest BCUT2D eigenvalue weighted by Gasteiger charge is -2.34. The predicted molar refractivity (Wildman–Crippen MR) is 140 cm³/mol. The second-order valence-corrected chi connectivity index (χ2v) is 9.19. The predicted octanol–water partition coefficient (Wildman–Crippen LogP) is 3.69. The van der Waals surface area contributed by atoms with Crippen LogP contribution >= 0.6 is 0 Å². The van der Waals surface area contributed by atoms with Crippen LogP contribution in [0.1, 0.15) is 36.5 Å². The number of rotatable bonds is 7. The minimum absolute atomic E-state index is 0.0634. The van der Waals surface area contributed by atoms with E-state index in [-0.39, 0.29) is 23.7 Å². The standard InChI is InChI=1S/C28H28FN5O4/c29-25-14-21(32-27(36)24-15-23(24)19-2-1-9-30-16-19)6-3-20(25)17-31-26(35)18-4-7-22(8-5-18)33-10-12-34(13-11-33)28(37)38/h1-9,14,16,23-24H,10-13,15,17H2,(H,31,35)(H,32,36)(H,37,38)/t23-,24+/m1/s1/i15D2. The smallest absolute Gasteiger partial charge is 0.407 e. The van der Waals surface area contributed by atoms with Crippen LogP contribution in [0.15, 0.2) is 67.0 Å². The normalized spacial score (nSPS) is 20.7. The summed E-state index contributed by atoms with van der Waals surface area (Å²) in [7, 11) is 0. The first kappa shape index (κ1) is 22.7. The number of carbonyl (C=O) groups excluding carboxylic acids is 2. The van der Waals surface area contributed by atoms with Gasteiger partial charge in [-0.15, -0.1) is 0 Å². The third kappa shape index (κ3) is 5.74. The van der Waals surface area contributed by atoms with E-state index in [0.29, 0.717) is 37.3 Å². The van der Waals surface area contributed by atoms with E-state index in [4.69, 9.17) is 7.85 Å². The van der Waals surface area contributed by atoms with Crippen molar-refractivity contribution in [1.82, 2.24) is 15.2 Å². The van der Waals surface area contributed by atoms with Crippen molar-refractivity contribution in [2.24, 2.45) is 5.92 Å². The monoisotopic (exact) mass is 519 g/mol. The number of nitrogens with zero attached hydrogens (tertiary/aromatic N) is 3. The van der Waals surface area contributed by atoms with Crippen LogP contribution in [0.2, 0.25) is 0 Å². The van der Waals surface area contributed by atoms with Gasteiger partial charge in [0.25, 0.3) is 5.91 Å². The molecule has 0 bridgehead atoms. The van der Waals surface area contributed by atoms with E-state index in [1.54, 1.807) is 42.6 Å². The molecule has 1 aromatic heterocycles. The first-order valence-corrected chi connectivity index (χ1v) is 12.3. The van der Waals surface area contributed by atoms with Crippen LogP contribution in [0.5, 0.6) is 0 Å². The van der Waals surface area contributed by atoms with Gasteiger partial charge in [-0.1, -0.05) is 12.1 Å². The molecule has 9 nitrogen and oxygen atoms in total. The number of pyridine rings is 1. The molecule has 1 aliphatic heterocycles. The third-order valence-electron chi connectivity index (χ3n) is 6.71. The van der Waals surface area contributed by atoms with Gasteiger partial charge >= 0.3 is 6.09 Å². The summed E-state index contributed by atoms with van der Waals surface area (Å²) in [5.41, 5.74) is 2.35. The topological polar surface area (TPSA) is 115 Å². The molecule has 38 heavy (non-hydrogen) atoms. The van der Waals surface area contributed by atoms with Crippen molar-refractivity contribution in [3.8, 4) is 0 Å². The number of carbonyl (C=O) groups is 3. The maximum atomic E-state index is 14.8. The maximum Gasteiger partial charge on any atom is 0.407 e. The Morgan fingerprint density at radius 3 is 2.50 bits per heavy atom. The van der Waals surface area contributed by atoms with Gasteiger partial charge in [0, 0.05) is 76.3 Å². The number of halogens is 1. The molecule has 2 heterocycles. The summed E-state index contributed by atoms with van der Waals surface area (Å²) in [5, 5.41) is 14.4. The van der Waals surface area contributed by atoms with E-state index < -0.39 is 36.0 Å². The fourth-order valence-electron chi connectivity index (χ4n) is 4.46. The van der Waals surface area contributed by atoms with Crippen LogP contribution in [0.3, 0.4) is 0 Å². The summed E-state index contributed by atoms with van der Waals surface area (Å²) in [5.74, 6) is -3.05. The van der Waals surface area contributed by atoms with E-state index in [0.717, 1.165) is 11.8 Å². The van der Waals surface area contributed by atoms with Crippen molar-refractivity contribution in [2.45, 2.75) is 18.8 Å². The Labute approximate surface area is 222 Å². The minimum atomic E-state index is -1.72. The Kier molecular flexibility index (Phi) is 6.50. The number of anilines is 2. The number of nitrogens with one attached hydrogen (secondary N) is 2. The second kappa shape index (κ2) is 10.9. The molecule has 1 saturated carbocycles. The van der Waals surface area contributed by atoms with Gasteiger partial charge in [-0.05, 0) is 60.3 Å². The van der Waals surface area contributed by atoms with Crippen LogP contribution in [0.4, 0.5) is 20.6 Å². The van der Waals surface area contributed by atoms with Gasteiger partial charge in [0.15, 0.2) is 0 Å². The minimum Gasteiger partial charge on any atom is -0.465 e. The second-order valence-electron chi connectivity index (χ2n) is 9.19. The SMILES string of the molecule is [2H]C1([2H])[C@H](C(=O)Nc2ccc(CNC(=O)c3ccc(N4CCN(C(=O)O)CC4)cc3)c(F)c2)[C@H]1c1cccnc1. The van der Waals surface area contributed by atoms with Gasteiger partial charge in [-0.2, -0.15) is 0 Å². The molecule has 10 heteroatoms. The third-order valence-corrected chi connectivity index (χ3v) is 6.71. The molecule has 196 valence electrons. The van der Waals surface area contributed by atoms with Crippen molar-refractivity contribution >= 4 is 29.3 Å². The van der Waals surface area contributed by atoms with Crippen LogP contribution < -0.4 is 15.5 Å². The van der Waals surface area contributed by atoms with Crippen molar-refractivity contribution in [3.63, 3.8) is 0 Å². The number of hydrogen-bond donors (Lipinski definition) is 3. The molecular weight excluding hydrogens is 489 g/mol. The number of aromatic nitrogens is 1. The van der Waals surface area contributed by atoms with Crippen molar-refractivity contribution in [1.29, 1.82) is 0 Å². The number of carboxylic acid groups (broad SMARTS) is 1. The Morgan fingerprint density at radius 1 is 1.08 bits per heavy atom. The molecule has 2 atom stereocenters. The van der Waals surface area contributed by atoms with Gasteiger partial charge in [0.1, 0.15) is 5.82 Å². The van der Waals surface area contributed by atoms with Gasteiger partial charge in [-0.25, -0.2) is 9.18 Å². The lowest BCUT2D eigenvalue weighted by molar-refractivity contribution is -0.117. The van der Waals surface area contributed by atoms with Crippen molar-refractivity contribution < 1.29 is 26.6 Å². The summed E-state index contributed by atoms with van der Waals surface area (Å²) >= 11 is 0. The Morgan fingerprint density at radius 2 is 1.84 bits per heavy atom. The summed E-state index contributed by atoms with van der Waals surface area (Å²) < 4.78 is 31.1. The molecule has 3 N–H and O–H groups in total. The molecule has 0 unspecified atom stereocenters. The molecule has 0 spiro atoms. The number of piperazine rings is 1. The number of hydrogen-bond acceptors (Lipinski definition) is 5. The quantitative estimate of drug-likeness (QED) is 0.439. The maximum absolute atomic E-state index is 14.8. The number of benzene rings is 2. The van der Waals surface area contributed by atoms with Crippen LogP contribution in [-0.2, 0) is 11.3 Å². The molecule has 1 aliphatic carbocycles. The van der Waals surface area contributed by atoms with Crippen molar-refractivity contribution in [3.05, 3.63) is 89.5 Å². The van der Waals surface area contributed by atoms with E-state index in [1.807, 2.05) is 4.90 Å². The zero-order valence-corrected chi connectivity index (χ0v) is 20.4. The highest BCUT2D eigenvalue weighted by atomic mass is 19.1. The van der Waals surface area contributed by atoms with Gasteiger partial charge in [0.05, 0.1) is 0 Å². The highest BCUT2D eigenvalue weighted by Crippen LogP contribution is 2.47. The fourth-order valence-corrected chi connectivity index (χ4v) is 4.46. The summed E-state index contributed by atoms with van der Waals surface area (Å²) in [6, 6.07) is 14.5. The molecule has 0 radical (unpaired) electrons. The molecule has 3 amide bonds. The molecule has 2 fully saturated rings. The van der Waals surface area contributed by atoms with Gasteiger partial charge < -0.3 is 25.5 Å².